The number of nitrogens with one attached hydrogen (secondary N) is 1. The van der Waals surface area contributed by atoms with Gasteiger partial charge in [0.2, 0.25) is 5.91 Å². The molecule has 5 N–H and O–H groups in total. The van der Waals surface area contributed by atoms with Crippen LogP contribution in [0.5, 0.6) is 0 Å². The van der Waals surface area contributed by atoms with Crippen LogP contribution in [0.15, 0.2) is 0 Å². The molecule has 0 aliphatic heterocycles. The lowest BCUT2D eigenvalue weighted by atomic mass is 9.78. The molecule has 5 nitrogen and oxygen atoms in total. The predicted molar refractivity (Wildman–Crippen MR) is 74.5 cm³/mol. The summed E-state index contributed by atoms with van der Waals surface area (Å²) in [6, 6.07) is 0. The Morgan fingerprint density at radius 3 is 2.11 bits per heavy atom. The maximum absolute atomic E-state index is 12.6. The summed E-state index contributed by atoms with van der Waals surface area (Å²) in [5, 5.41) is 21.7. The highest BCUT2D eigenvalue weighted by Crippen LogP contribution is 2.35. The summed E-state index contributed by atoms with van der Waals surface area (Å²) in [4.78, 5) is 12.6. The number of hydrogen-bond donors (Lipinski definition) is 4. The van der Waals surface area contributed by atoms with Crippen molar-refractivity contribution in [3.05, 3.63) is 0 Å². The van der Waals surface area contributed by atoms with Crippen LogP contribution in [0, 0.1) is 5.41 Å². The molecule has 1 saturated carbocycles. The van der Waals surface area contributed by atoms with E-state index >= 15 is 0 Å². The van der Waals surface area contributed by atoms with Crippen LogP contribution >= 0.6 is 0 Å². The molecule has 0 aromatic carbocycles. The van der Waals surface area contributed by atoms with Gasteiger partial charge in [-0.1, -0.05) is 32.6 Å². The number of carbonyl (C=O) groups is 1. The van der Waals surface area contributed by atoms with Crippen LogP contribution in [0.1, 0.15) is 51.9 Å². The van der Waals surface area contributed by atoms with Gasteiger partial charge in [0, 0.05) is 6.54 Å². The zero-order valence-corrected chi connectivity index (χ0v) is 12.0. The Bertz CT molecular complexity index is 274. The van der Waals surface area contributed by atoms with Gasteiger partial charge >= 0.3 is 0 Å². The Balaban J connectivity index is 2.82. The third-order valence-electron chi connectivity index (χ3n) is 4.59. The van der Waals surface area contributed by atoms with Crippen molar-refractivity contribution >= 4 is 5.91 Å². The summed E-state index contributed by atoms with van der Waals surface area (Å²) in [5.74, 6) is -0.109. The highest BCUT2D eigenvalue weighted by atomic mass is 16.3. The SMILES string of the molecule is CCC(CO)(CO)NC(=O)C1(CN)CCCCCC1. The van der Waals surface area contributed by atoms with Crippen LogP contribution in [-0.4, -0.2) is 41.4 Å². The lowest BCUT2D eigenvalue weighted by Gasteiger charge is -2.37. The van der Waals surface area contributed by atoms with Crippen LogP contribution in [0.3, 0.4) is 0 Å². The quantitative estimate of drug-likeness (QED) is 0.531. The molecule has 5 heteroatoms. The number of nitrogens with two attached hydrogens (primary N) is 1. The summed E-state index contributed by atoms with van der Waals surface area (Å²) in [6.07, 6.45) is 6.41. The second kappa shape index (κ2) is 7.22. The van der Waals surface area contributed by atoms with E-state index in [2.05, 4.69) is 5.32 Å². The summed E-state index contributed by atoms with van der Waals surface area (Å²) >= 11 is 0. The third-order valence-corrected chi connectivity index (χ3v) is 4.59. The van der Waals surface area contributed by atoms with Crippen LogP contribution in [0.2, 0.25) is 0 Å². The van der Waals surface area contributed by atoms with Crippen molar-refractivity contribution in [1.29, 1.82) is 0 Å². The van der Waals surface area contributed by atoms with Crippen LogP contribution in [-0.2, 0) is 4.79 Å². The Hall–Kier alpha value is -0.650. The van der Waals surface area contributed by atoms with Gasteiger partial charge in [-0.25, -0.2) is 0 Å². The monoisotopic (exact) mass is 272 g/mol. The molecule has 0 unspecified atom stereocenters. The molecule has 0 bridgehead atoms. The minimum Gasteiger partial charge on any atom is -0.394 e. The van der Waals surface area contributed by atoms with Crippen molar-refractivity contribution in [3.63, 3.8) is 0 Å². The van der Waals surface area contributed by atoms with Gasteiger partial charge in [-0.15, -0.1) is 0 Å². The number of amides is 1. The molecule has 1 fully saturated rings. The van der Waals surface area contributed by atoms with Gasteiger partial charge in [0.05, 0.1) is 24.2 Å². The van der Waals surface area contributed by atoms with Crippen molar-refractivity contribution in [3.8, 4) is 0 Å². The Morgan fingerprint density at radius 1 is 1.21 bits per heavy atom. The summed E-state index contributed by atoms with van der Waals surface area (Å²) in [7, 11) is 0. The van der Waals surface area contributed by atoms with E-state index in [9.17, 15) is 15.0 Å². The van der Waals surface area contributed by atoms with E-state index in [4.69, 9.17) is 5.73 Å². The smallest absolute Gasteiger partial charge is 0.228 e. The molecule has 1 rings (SSSR count). The molecule has 1 aliphatic carbocycles. The molecule has 0 heterocycles. The average Bonchev–Trinajstić information content (AvgIpc) is 2.71. The summed E-state index contributed by atoms with van der Waals surface area (Å²) < 4.78 is 0. The Morgan fingerprint density at radius 2 is 1.74 bits per heavy atom. The zero-order valence-electron chi connectivity index (χ0n) is 12.0. The lowest BCUT2D eigenvalue weighted by Crippen LogP contribution is -2.59. The molecular weight excluding hydrogens is 244 g/mol. The molecule has 0 saturated heterocycles. The largest absolute Gasteiger partial charge is 0.394 e. The first-order valence-electron chi connectivity index (χ1n) is 7.32. The Kier molecular flexibility index (Phi) is 6.23. The molecule has 1 amide bonds. The third kappa shape index (κ3) is 3.68. The van der Waals surface area contributed by atoms with E-state index in [1.165, 1.54) is 0 Å². The molecule has 112 valence electrons. The van der Waals surface area contributed by atoms with Crippen molar-refractivity contribution in [2.45, 2.75) is 57.4 Å². The van der Waals surface area contributed by atoms with Crippen LogP contribution in [0.4, 0.5) is 0 Å². The molecule has 0 atom stereocenters. The molecule has 0 radical (unpaired) electrons. The fraction of sp³-hybridized carbons (Fsp3) is 0.929. The van der Waals surface area contributed by atoms with Crippen molar-refractivity contribution in [1.82, 2.24) is 5.32 Å². The molecule has 0 aromatic rings. The van der Waals surface area contributed by atoms with Gasteiger partial charge in [-0.3, -0.25) is 4.79 Å². The van der Waals surface area contributed by atoms with Crippen molar-refractivity contribution < 1.29 is 15.0 Å². The highest BCUT2D eigenvalue weighted by molar-refractivity contribution is 5.83. The van der Waals surface area contributed by atoms with E-state index in [1.54, 1.807) is 0 Å². The predicted octanol–water partition coefficient (Wildman–Crippen LogP) is 0.535. The first-order valence-corrected chi connectivity index (χ1v) is 7.32. The maximum atomic E-state index is 12.6. The maximum Gasteiger partial charge on any atom is 0.228 e. The first-order chi connectivity index (χ1) is 9.08. The zero-order chi connectivity index (χ0) is 14.4. The lowest BCUT2D eigenvalue weighted by molar-refractivity contribution is -0.135. The first kappa shape index (κ1) is 16.4. The van der Waals surface area contributed by atoms with E-state index in [-0.39, 0.29) is 19.1 Å². The van der Waals surface area contributed by atoms with Crippen LogP contribution < -0.4 is 11.1 Å². The standard InChI is InChI=1S/C14H28N2O3/c1-2-14(10-17,11-18)16-12(19)13(9-15)7-5-3-4-6-8-13/h17-18H,2-11,15H2,1H3,(H,16,19). The number of carbonyl (C=O) groups excluding carboxylic acids is 1. The van der Waals surface area contributed by atoms with Gasteiger partial charge in [0.25, 0.3) is 0 Å². The molecule has 0 aromatic heterocycles. The van der Waals surface area contributed by atoms with Crippen molar-refractivity contribution in [2.24, 2.45) is 11.1 Å². The van der Waals surface area contributed by atoms with Gasteiger partial charge in [0.1, 0.15) is 0 Å². The van der Waals surface area contributed by atoms with E-state index in [0.29, 0.717) is 13.0 Å². The summed E-state index contributed by atoms with van der Waals surface area (Å²) in [5.41, 5.74) is 4.41. The number of rotatable bonds is 6. The molecule has 0 spiro atoms. The van der Waals surface area contributed by atoms with Gasteiger partial charge in [-0.2, -0.15) is 0 Å². The van der Waals surface area contributed by atoms with Crippen molar-refractivity contribution in [2.75, 3.05) is 19.8 Å². The fourth-order valence-electron chi connectivity index (χ4n) is 2.74. The number of hydrogen-bond acceptors (Lipinski definition) is 4. The van der Waals surface area contributed by atoms with Gasteiger partial charge in [-0.05, 0) is 19.3 Å². The fourth-order valence-corrected chi connectivity index (χ4v) is 2.74. The van der Waals surface area contributed by atoms with E-state index in [1.807, 2.05) is 6.92 Å². The van der Waals surface area contributed by atoms with E-state index < -0.39 is 11.0 Å². The number of aliphatic hydroxyl groups excluding tert-OH is 2. The minimum atomic E-state index is -0.925. The topological polar surface area (TPSA) is 95.6 Å². The van der Waals surface area contributed by atoms with Crippen LogP contribution in [0.25, 0.3) is 0 Å². The van der Waals surface area contributed by atoms with E-state index in [0.717, 1.165) is 38.5 Å². The summed E-state index contributed by atoms with van der Waals surface area (Å²) in [6.45, 7) is 1.66. The minimum absolute atomic E-state index is 0.109. The molecular formula is C14H28N2O3. The molecule has 19 heavy (non-hydrogen) atoms. The van der Waals surface area contributed by atoms with Gasteiger partial charge in [0.15, 0.2) is 0 Å². The average molecular weight is 272 g/mol. The second-order valence-electron chi connectivity index (χ2n) is 5.80. The number of aliphatic hydroxyl groups is 2. The second-order valence-corrected chi connectivity index (χ2v) is 5.80. The molecule has 1 aliphatic rings. The highest BCUT2D eigenvalue weighted by Gasteiger charge is 2.41. The van der Waals surface area contributed by atoms with Gasteiger partial charge < -0.3 is 21.3 Å². The Labute approximate surface area is 115 Å². The normalized spacial score (nSPS) is 19.8.